The average molecular weight is 224 g/mol. The number of nitro benzene ring substituents is 1. The van der Waals surface area contributed by atoms with Gasteiger partial charge < -0.3 is 10.4 Å². The Morgan fingerprint density at radius 2 is 2.31 bits per heavy atom. The van der Waals surface area contributed by atoms with Crippen molar-refractivity contribution in [3.8, 4) is 0 Å². The molecule has 0 unspecified atom stereocenters. The van der Waals surface area contributed by atoms with Crippen molar-refractivity contribution in [2.45, 2.75) is 13.0 Å². The molecule has 1 rings (SSSR count). The molecule has 0 fully saturated rings. The molecule has 0 spiro atoms. The van der Waals surface area contributed by atoms with Crippen molar-refractivity contribution in [1.82, 2.24) is 0 Å². The van der Waals surface area contributed by atoms with E-state index >= 15 is 0 Å². The van der Waals surface area contributed by atoms with Gasteiger partial charge in [-0.05, 0) is 19.1 Å². The summed E-state index contributed by atoms with van der Waals surface area (Å²) in [7, 11) is 0. The molecule has 1 atom stereocenters. The van der Waals surface area contributed by atoms with E-state index in [9.17, 15) is 14.9 Å². The first kappa shape index (κ1) is 12.1. The topological polar surface area (TPSA) is 92.5 Å². The van der Waals surface area contributed by atoms with Gasteiger partial charge in [-0.3, -0.25) is 14.9 Å². The van der Waals surface area contributed by atoms with Crippen LogP contribution in [0.25, 0.3) is 0 Å². The molecule has 0 heterocycles. The van der Waals surface area contributed by atoms with Gasteiger partial charge in [0.25, 0.3) is 5.69 Å². The Morgan fingerprint density at radius 3 is 2.81 bits per heavy atom. The molecular weight excluding hydrogens is 212 g/mol. The molecule has 16 heavy (non-hydrogen) atoms. The predicted octanol–water partition coefficient (Wildman–Crippen LogP) is 1.20. The molecular formula is C10H12N2O4. The molecule has 0 aromatic heterocycles. The van der Waals surface area contributed by atoms with Crippen LogP contribution in [-0.2, 0) is 0 Å². The van der Waals surface area contributed by atoms with Crippen LogP contribution in [0.4, 0.5) is 11.4 Å². The van der Waals surface area contributed by atoms with Crippen LogP contribution in [0, 0.1) is 10.1 Å². The van der Waals surface area contributed by atoms with Crippen LogP contribution in [0.1, 0.15) is 17.3 Å². The van der Waals surface area contributed by atoms with Crippen LogP contribution in [0.2, 0.25) is 0 Å². The Hall–Kier alpha value is -1.95. The van der Waals surface area contributed by atoms with E-state index in [1.54, 1.807) is 6.92 Å². The first-order valence-electron chi connectivity index (χ1n) is 4.70. The van der Waals surface area contributed by atoms with Crippen LogP contribution in [0.5, 0.6) is 0 Å². The maximum Gasteiger partial charge on any atom is 0.293 e. The van der Waals surface area contributed by atoms with Gasteiger partial charge in [-0.25, -0.2) is 0 Å². The third-order valence-electron chi connectivity index (χ3n) is 1.94. The first-order valence-corrected chi connectivity index (χ1v) is 4.70. The van der Waals surface area contributed by atoms with Crippen LogP contribution >= 0.6 is 0 Å². The summed E-state index contributed by atoms with van der Waals surface area (Å²) in [6.07, 6.45) is -0.0591. The molecule has 0 saturated heterocycles. The number of anilines is 1. The number of nitro groups is 1. The summed E-state index contributed by atoms with van der Waals surface area (Å²) in [5.41, 5.74) is 0.357. The second-order valence-corrected chi connectivity index (χ2v) is 3.38. The van der Waals surface area contributed by atoms with Gasteiger partial charge in [0.2, 0.25) is 0 Å². The SMILES string of the molecule is C[C@H](O)CNc1ccc(C=O)cc1[N+](=O)[O-]. The zero-order valence-electron chi connectivity index (χ0n) is 8.71. The van der Waals surface area contributed by atoms with Crippen molar-refractivity contribution in [2.75, 3.05) is 11.9 Å². The van der Waals surface area contributed by atoms with Crippen molar-refractivity contribution < 1.29 is 14.8 Å². The molecule has 1 aromatic rings. The minimum absolute atomic E-state index is 0.176. The highest BCUT2D eigenvalue weighted by molar-refractivity contribution is 5.79. The summed E-state index contributed by atoms with van der Waals surface area (Å²) in [6, 6.07) is 4.12. The Morgan fingerprint density at radius 1 is 1.62 bits per heavy atom. The summed E-state index contributed by atoms with van der Waals surface area (Å²) < 4.78 is 0. The number of hydrogen-bond donors (Lipinski definition) is 2. The maximum absolute atomic E-state index is 10.7. The lowest BCUT2D eigenvalue weighted by Crippen LogP contribution is -2.16. The number of benzene rings is 1. The molecule has 0 aliphatic carbocycles. The zero-order chi connectivity index (χ0) is 12.1. The number of aliphatic hydroxyl groups is 1. The Kier molecular flexibility index (Phi) is 3.96. The normalized spacial score (nSPS) is 11.9. The van der Waals surface area contributed by atoms with E-state index in [1.165, 1.54) is 18.2 Å². The first-order chi connectivity index (χ1) is 7.54. The number of carbonyl (C=O) groups is 1. The number of carbonyl (C=O) groups excluding carboxylic acids is 1. The number of rotatable bonds is 5. The van der Waals surface area contributed by atoms with Crippen molar-refractivity contribution >= 4 is 17.7 Å². The fourth-order valence-corrected chi connectivity index (χ4v) is 1.18. The molecule has 2 N–H and O–H groups in total. The second-order valence-electron chi connectivity index (χ2n) is 3.38. The Labute approximate surface area is 92.0 Å². The maximum atomic E-state index is 10.7. The third-order valence-corrected chi connectivity index (χ3v) is 1.94. The van der Waals surface area contributed by atoms with Crippen LogP contribution in [0.3, 0.4) is 0 Å². The lowest BCUT2D eigenvalue weighted by atomic mass is 10.2. The van der Waals surface area contributed by atoms with Crippen LogP contribution in [-0.4, -0.2) is 29.0 Å². The minimum Gasteiger partial charge on any atom is -0.392 e. The molecule has 6 heteroatoms. The molecule has 1 aromatic carbocycles. The Balaban J connectivity index is 2.98. The largest absolute Gasteiger partial charge is 0.392 e. The summed E-state index contributed by atoms with van der Waals surface area (Å²) in [4.78, 5) is 20.6. The van der Waals surface area contributed by atoms with E-state index in [-0.39, 0.29) is 23.5 Å². The third kappa shape index (κ3) is 3.03. The molecule has 0 amide bonds. The van der Waals surface area contributed by atoms with Gasteiger partial charge in [-0.1, -0.05) is 0 Å². The van der Waals surface area contributed by atoms with E-state index in [2.05, 4.69) is 5.32 Å². The standard InChI is InChI=1S/C10H12N2O4/c1-7(14)5-11-9-3-2-8(6-13)4-10(9)12(15)16/h2-4,6-7,11,14H,5H2,1H3/t7-/m0/s1. The Bertz CT molecular complexity index is 404. The van der Waals surface area contributed by atoms with E-state index in [1.807, 2.05) is 0 Å². The van der Waals surface area contributed by atoms with Gasteiger partial charge in [-0.15, -0.1) is 0 Å². The molecule has 0 aliphatic heterocycles. The van der Waals surface area contributed by atoms with E-state index in [4.69, 9.17) is 5.11 Å². The van der Waals surface area contributed by atoms with E-state index in [0.717, 1.165) is 0 Å². The predicted molar refractivity (Wildman–Crippen MR) is 58.7 cm³/mol. The van der Waals surface area contributed by atoms with Crippen molar-refractivity contribution in [3.05, 3.63) is 33.9 Å². The zero-order valence-corrected chi connectivity index (χ0v) is 8.71. The van der Waals surface area contributed by atoms with Gasteiger partial charge in [0.1, 0.15) is 12.0 Å². The van der Waals surface area contributed by atoms with Crippen LogP contribution in [0.15, 0.2) is 18.2 Å². The molecule has 0 aliphatic rings. The number of aliphatic hydroxyl groups excluding tert-OH is 1. The van der Waals surface area contributed by atoms with E-state index < -0.39 is 11.0 Å². The van der Waals surface area contributed by atoms with Gasteiger partial charge >= 0.3 is 0 Å². The summed E-state index contributed by atoms with van der Waals surface area (Å²) in [5.74, 6) is 0. The minimum atomic E-state index is -0.606. The fraction of sp³-hybridized carbons (Fsp3) is 0.300. The smallest absolute Gasteiger partial charge is 0.293 e. The summed E-state index contributed by atoms with van der Waals surface area (Å²) in [5, 5.41) is 22.5. The average Bonchev–Trinajstić information content (AvgIpc) is 2.25. The van der Waals surface area contributed by atoms with E-state index in [0.29, 0.717) is 6.29 Å². The highest BCUT2D eigenvalue weighted by Crippen LogP contribution is 2.24. The fourth-order valence-electron chi connectivity index (χ4n) is 1.18. The van der Waals surface area contributed by atoms with Crippen molar-refractivity contribution in [3.63, 3.8) is 0 Å². The van der Waals surface area contributed by atoms with Gasteiger partial charge in [-0.2, -0.15) is 0 Å². The lowest BCUT2D eigenvalue weighted by molar-refractivity contribution is -0.384. The number of nitrogens with zero attached hydrogens (tertiary/aromatic N) is 1. The second kappa shape index (κ2) is 5.22. The van der Waals surface area contributed by atoms with Gasteiger partial charge in [0, 0.05) is 18.2 Å². The van der Waals surface area contributed by atoms with Crippen LogP contribution < -0.4 is 5.32 Å². The highest BCUT2D eigenvalue weighted by Gasteiger charge is 2.14. The molecule has 86 valence electrons. The number of nitrogens with one attached hydrogen (secondary N) is 1. The van der Waals surface area contributed by atoms with Gasteiger partial charge in [0.15, 0.2) is 0 Å². The molecule has 0 saturated carbocycles. The van der Waals surface area contributed by atoms with Gasteiger partial charge in [0.05, 0.1) is 11.0 Å². The summed E-state index contributed by atoms with van der Waals surface area (Å²) >= 11 is 0. The van der Waals surface area contributed by atoms with Crippen molar-refractivity contribution in [2.24, 2.45) is 0 Å². The number of hydrogen-bond acceptors (Lipinski definition) is 5. The van der Waals surface area contributed by atoms with Crippen molar-refractivity contribution in [1.29, 1.82) is 0 Å². The summed E-state index contributed by atoms with van der Waals surface area (Å²) in [6.45, 7) is 1.78. The number of aldehydes is 1. The molecule has 6 nitrogen and oxygen atoms in total. The lowest BCUT2D eigenvalue weighted by Gasteiger charge is -2.08. The highest BCUT2D eigenvalue weighted by atomic mass is 16.6. The monoisotopic (exact) mass is 224 g/mol. The molecule has 0 bridgehead atoms. The molecule has 0 radical (unpaired) electrons. The quantitative estimate of drug-likeness (QED) is 0.445.